The van der Waals surface area contributed by atoms with Gasteiger partial charge in [0, 0.05) is 37.9 Å². The van der Waals surface area contributed by atoms with E-state index in [1.54, 1.807) is 11.9 Å². The lowest BCUT2D eigenvalue weighted by molar-refractivity contribution is -0.134. The number of carbonyl (C=O) groups is 1. The number of H-pyrrole nitrogens is 1. The molecule has 8 heteroatoms. The molecule has 128 valence electrons. The topological polar surface area (TPSA) is 74.8 Å². The van der Waals surface area contributed by atoms with E-state index < -0.39 is 11.8 Å². The summed E-state index contributed by atoms with van der Waals surface area (Å²) in [6.07, 6.45) is 0.383. The molecule has 1 unspecified atom stereocenters. The highest BCUT2D eigenvalue weighted by molar-refractivity contribution is 5.79. The van der Waals surface area contributed by atoms with E-state index in [4.69, 9.17) is 0 Å². The maximum Gasteiger partial charge on any atom is 0.248 e. The second kappa shape index (κ2) is 6.62. The molecule has 0 bridgehead atoms. The standard InChI is InChI=1S/C16H19F2N5O/c1-23(15(24)13-5-7-16(17,18)10-13)8-6-11-3-2-4-12(9-11)14-19-21-22-20-14/h2-4,9,13H,5-8,10H2,1H3,(H,19,20,21,22). The highest BCUT2D eigenvalue weighted by Crippen LogP contribution is 2.39. The van der Waals surface area contributed by atoms with Crippen LogP contribution in [0.5, 0.6) is 0 Å². The molecule has 0 saturated heterocycles. The van der Waals surface area contributed by atoms with Crippen LogP contribution < -0.4 is 0 Å². The van der Waals surface area contributed by atoms with Gasteiger partial charge in [0.1, 0.15) is 0 Å². The fourth-order valence-electron chi connectivity index (χ4n) is 3.03. The quantitative estimate of drug-likeness (QED) is 0.910. The lowest BCUT2D eigenvalue weighted by atomic mass is 10.1. The van der Waals surface area contributed by atoms with Crippen LogP contribution in [0.25, 0.3) is 11.4 Å². The number of aromatic nitrogens is 4. The molecule has 1 aromatic heterocycles. The first-order valence-corrected chi connectivity index (χ1v) is 7.90. The number of nitrogens with one attached hydrogen (secondary N) is 1. The van der Waals surface area contributed by atoms with Crippen LogP contribution in [-0.4, -0.2) is 50.9 Å². The van der Waals surface area contributed by atoms with E-state index >= 15 is 0 Å². The summed E-state index contributed by atoms with van der Waals surface area (Å²) >= 11 is 0. The van der Waals surface area contributed by atoms with E-state index in [0.717, 1.165) is 11.1 Å². The number of carbonyl (C=O) groups excluding carboxylic acids is 1. The van der Waals surface area contributed by atoms with Crippen LogP contribution in [0.15, 0.2) is 24.3 Å². The van der Waals surface area contributed by atoms with E-state index in [2.05, 4.69) is 20.6 Å². The molecule has 1 heterocycles. The van der Waals surface area contributed by atoms with Crippen LogP contribution in [0.4, 0.5) is 8.78 Å². The van der Waals surface area contributed by atoms with Crippen molar-refractivity contribution in [1.29, 1.82) is 0 Å². The minimum atomic E-state index is -2.69. The van der Waals surface area contributed by atoms with E-state index in [1.807, 2.05) is 24.3 Å². The first-order chi connectivity index (χ1) is 11.4. The lowest BCUT2D eigenvalue weighted by Crippen LogP contribution is -2.34. The Morgan fingerprint density at radius 2 is 2.29 bits per heavy atom. The largest absolute Gasteiger partial charge is 0.345 e. The van der Waals surface area contributed by atoms with Gasteiger partial charge >= 0.3 is 0 Å². The van der Waals surface area contributed by atoms with Crippen molar-refractivity contribution in [2.45, 2.75) is 31.6 Å². The summed E-state index contributed by atoms with van der Waals surface area (Å²) in [4.78, 5) is 13.8. The van der Waals surface area contributed by atoms with Gasteiger partial charge in [0.05, 0.1) is 0 Å². The van der Waals surface area contributed by atoms with Crippen molar-refractivity contribution in [2.75, 3.05) is 13.6 Å². The van der Waals surface area contributed by atoms with E-state index in [9.17, 15) is 13.6 Å². The van der Waals surface area contributed by atoms with Gasteiger partial charge in [-0.3, -0.25) is 4.79 Å². The molecule has 1 aliphatic carbocycles. The lowest BCUT2D eigenvalue weighted by Gasteiger charge is -2.21. The third-order valence-corrected chi connectivity index (χ3v) is 4.40. The Balaban J connectivity index is 1.57. The van der Waals surface area contributed by atoms with Crippen LogP contribution in [0.3, 0.4) is 0 Å². The number of aromatic amines is 1. The molecular formula is C16H19F2N5O. The van der Waals surface area contributed by atoms with Gasteiger partial charge in [0.25, 0.3) is 0 Å². The average Bonchev–Trinajstić information content (AvgIpc) is 3.21. The Morgan fingerprint density at radius 3 is 2.96 bits per heavy atom. The molecule has 1 amide bonds. The van der Waals surface area contributed by atoms with Gasteiger partial charge in [-0.05, 0) is 29.7 Å². The number of tetrazole rings is 1. The van der Waals surface area contributed by atoms with Gasteiger partial charge in [-0.25, -0.2) is 8.78 Å². The Bertz CT molecular complexity index is 704. The second-order valence-corrected chi connectivity index (χ2v) is 6.24. The molecule has 1 aliphatic rings. The molecule has 1 atom stereocenters. The van der Waals surface area contributed by atoms with Crippen LogP contribution in [-0.2, 0) is 11.2 Å². The van der Waals surface area contributed by atoms with Gasteiger partial charge < -0.3 is 4.90 Å². The van der Waals surface area contributed by atoms with Crippen molar-refractivity contribution in [3.05, 3.63) is 29.8 Å². The number of likely N-dealkylation sites (N-methyl/N-ethyl adjacent to an activating group) is 1. The SMILES string of the molecule is CN(CCc1cccc(-c2nn[nH]n2)c1)C(=O)C1CCC(F)(F)C1. The maximum absolute atomic E-state index is 13.3. The minimum absolute atomic E-state index is 0.190. The van der Waals surface area contributed by atoms with Gasteiger partial charge in [0.2, 0.25) is 17.7 Å². The monoisotopic (exact) mass is 335 g/mol. The summed E-state index contributed by atoms with van der Waals surface area (Å²) in [6.45, 7) is 0.483. The number of amides is 1. The van der Waals surface area contributed by atoms with Crippen molar-refractivity contribution in [1.82, 2.24) is 25.5 Å². The summed E-state index contributed by atoms with van der Waals surface area (Å²) in [5, 5.41) is 13.8. The molecular weight excluding hydrogens is 316 g/mol. The van der Waals surface area contributed by atoms with Crippen molar-refractivity contribution < 1.29 is 13.6 Å². The third-order valence-electron chi connectivity index (χ3n) is 4.40. The van der Waals surface area contributed by atoms with Crippen molar-refractivity contribution in [2.24, 2.45) is 5.92 Å². The number of rotatable bonds is 5. The molecule has 24 heavy (non-hydrogen) atoms. The van der Waals surface area contributed by atoms with Gasteiger partial charge in [-0.15, -0.1) is 10.2 Å². The van der Waals surface area contributed by atoms with E-state index in [0.29, 0.717) is 18.8 Å². The van der Waals surface area contributed by atoms with Crippen LogP contribution >= 0.6 is 0 Å². The number of hydrogen-bond acceptors (Lipinski definition) is 4. The highest BCUT2D eigenvalue weighted by Gasteiger charge is 2.43. The Morgan fingerprint density at radius 1 is 1.46 bits per heavy atom. The molecule has 1 aromatic carbocycles. The predicted molar refractivity (Wildman–Crippen MR) is 83.2 cm³/mol. The molecule has 1 saturated carbocycles. The summed E-state index contributed by atoms with van der Waals surface area (Å²) < 4.78 is 26.5. The molecule has 2 aromatic rings. The Labute approximate surface area is 138 Å². The zero-order valence-corrected chi connectivity index (χ0v) is 13.4. The zero-order chi connectivity index (χ0) is 17.2. The molecule has 0 radical (unpaired) electrons. The summed E-state index contributed by atoms with van der Waals surface area (Å²) in [5.41, 5.74) is 1.86. The van der Waals surface area contributed by atoms with E-state index in [1.165, 1.54) is 0 Å². The van der Waals surface area contributed by atoms with Crippen molar-refractivity contribution in [3.63, 3.8) is 0 Å². The highest BCUT2D eigenvalue weighted by atomic mass is 19.3. The average molecular weight is 335 g/mol. The van der Waals surface area contributed by atoms with Crippen molar-refractivity contribution in [3.8, 4) is 11.4 Å². The van der Waals surface area contributed by atoms with Crippen LogP contribution in [0.1, 0.15) is 24.8 Å². The number of halogens is 2. The number of alkyl halides is 2. The molecule has 1 N–H and O–H groups in total. The summed E-state index contributed by atoms with van der Waals surface area (Å²) in [5.74, 6) is -2.94. The van der Waals surface area contributed by atoms with Gasteiger partial charge in [-0.1, -0.05) is 18.2 Å². The Kier molecular flexibility index (Phi) is 4.55. The predicted octanol–water partition coefficient (Wildman–Crippen LogP) is 2.30. The first-order valence-electron chi connectivity index (χ1n) is 7.90. The van der Waals surface area contributed by atoms with Crippen LogP contribution in [0, 0.1) is 5.92 Å². The summed E-state index contributed by atoms with van der Waals surface area (Å²) in [6, 6.07) is 7.66. The van der Waals surface area contributed by atoms with Gasteiger partial charge in [0.15, 0.2) is 0 Å². The maximum atomic E-state index is 13.3. The number of benzene rings is 1. The van der Waals surface area contributed by atoms with Gasteiger partial charge in [-0.2, -0.15) is 5.21 Å². The second-order valence-electron chi connectivity index (χ2n) is 6.24. The molecule has 1 fully saturated rings. The smallest absolute Gasteiger partial charge is 0.248 e. The van der Waals surface area contributed by atoms with Crippen molar-refractivity contribution >= 4 is 5.91 Å². The molecule has 0 spiro atoms. The molecule has 6 nitrogen and oxygen atoms in total. The Hall–Kier alpha value is -2.38. The molecule has 3 rings (SSSR count). The summed E-state index contributed by atoms with van der Waals surface area (Å²) in [7, 11) is 1.67. The van der Waals surface area contributed by atoms with Crippen LogP contribution in [0.2, 0.25) is 0 Å². The third kappa shape index (κ3) is 3.74. The molecule has 0 aliphatic heterocycles. The minimum Gasteiger partial charge on any atom is -0.345 e. The fraction of sp³-hybridized carbons (Fsp3) is 0.500. The number of nitrogens with zero attached hydrogens (tertiary/aromatic N) is 4. The van der Waals surface area contributed by atoms with E-state index in [-0.39, 0.29) is 25.2 Å². The zero-order valence-electron chi connectivity index (χ0n) is 13.4. The normalized spacial score (nSPS) is 19.4. The fourth-order valence-corrected chi connectivity index (χ4v) is 3.03. The number of hydrogen-bond donors (Lipinski definition) is 1. The first kappa shape index (κ1) is 16.5.